The van der Waals surface area contributed by atoms with Gasteiger partial charge in [-0.1, -0.05) is 48.2 Å². The lowest BCUT2D eigenvalue weighted by atomic mass is 10.1. The number of rotatable bonds is 9. The van der Waals surface area contributed by atoms with Gasteiger partial charge in [0.15, 0.2) is 0 Å². The molecule has 0 aromatic heterocycles. The highest BCUT2D eigenvalue weighted by atomic mass is 32.2. The molecule has 2 N–H and O–H groups in total. The number of carbonyl (C=O) groups excluding carboxylic acids is 3. The monoisotopic (exact) mass is 483 g/mol. The van der Waals surface area contributed by atoms with Gasteiger partial charge in [0.05, 0.1) is 0 Å². The summed E-state index contributed by atoms with van der Waals surface area (Å²) in [6.07, 6.45) is 4.06. The topological polar surface area (TPSA) is 95.6 Å². The summed E-state index contributed by atoms with van der Waals surface area (Å²) in [5, 5.41) is 5.74. The van der Waals surface area contributed by atoms with Crippen LogP contribution in [0.1, 0.15) is 43.7 Å². The predicted octanol–water partition coefficient (Wildman–Crippen LogP) is 3.47. The van der Waals surface area contributed by atoms with Gasteiger partial charge in [-0.2, -0.15) is 0 Å². The van der Waals surface area contributed by atoms with Gasteiger partial charge >= 0.3 is 0 Å². The van der Waals surface area contributed by atoms with Gasteiger partial charge in [0, 0.05) is 28.2 Å². The van der Waals surface area contributed by atoms with E-state index >= 15 is 0 Å². The largest absolute Gasteiger partial charge is 0.352 e. The van der Waals surface area contributed by atoms with Crippen LogP contribution in [0.4, 0.5) is 11.4 Å². The van der Waals surface area contributed by atoms with Gasteiger partial charge in [0.1, 0.15) is 17.5 Å². The van der Waals surface area contributed by atoms with Crippen LogP contribution >= 0.6 is 0 Å². The fourth-order valence-electron chi connectivity index (χ4n) is 4.04. The summed E-state index contributed by atoms with van der Waals surface area (Å²) in [5.41, 5.74) is 3.26. The molecule has 0 aliphatic heterocycles. The fourth-order valence-corrected chi connectivity index (χ4v) is 4.92. The van der Waals surface area contributed by atoms with E-state index in [1.165, 1.54) is 4.90 Å². The first-order valence-corrected chi connectivity index (χ1v) is 13.1. The lowest BCUT2D eigenvalue weighted by molar-refractivity contribution is -0.125. The molecule has 34 heavy (non-hydrogen) atoms. The molecule has 2 aromatic rings. The first kappa shape index (κ1) is 25.6. The maximum Gasteiger partial charge on any atom is 0.243 e. The first-order valence-electron chi connectivity index (χ1n) is 11.6. The van der Waals surface area contributed by atoms with Crippen LogP contribution in [0.5, 0.6) is 0 Å². The van der Waals surface area contributed by atoms with E-state index in [0.717, 1.165) is 36.8 Å². The van der Waals surface area contributed by atoms with E-state index < -0.39 is 28.7 Å². The van der Waals surface area contributed by atoms with Crippen molar-refractivity contribution in [3.05, 3.63) is 59.7 Å². The second-order valence-corrected chi connectivity index (χ2v) is 10.4. The SMILES string of the molecule is Cc1ccc(NC(=O)CS(=O)CC(=O)N(c2ccc(C)cc2)C(C)C(=O)NC2CCCC2)cc1. The molecule has 0 spiro atoms. The van der Waals surface area contributed by atoms with Crippen LogP contribution in [-0.2, 0) is 25.2 Å². The number of amides is 3. The van der Waals surface area contributed by atoms with E-state index in [9.17, 15) is 18.6 Å². The zero-order chi connectivity index (χ0) is 24.7. The quantitative estimate of drug-likeness (QED) is 0.571. The van der Waals surface area contributed by atoms with Crippen molar-refractivity contribution < 1.29 is 18.6 Å². The van der Waals surface area contributed by atoms with Crippen LogP contribution < -0.4 is 15.5 Å². The number of hydrogen-bond donors (Lipinski definition) is 2. The van der Waals surface area contributed by atoms with Crippen LogP contribution in [0.25, 0.3) is 0 Å². The molecular formula is C26H33N3O4S. The highest BCUT2D eigenvalue weighted by Gasteiger charge is 2.30. The molecule has 3 rings (SSSR count). The molecule has 182 valence electrons. The van der Waals surface area contributed by atoms with Crippen molar-refractivity contribution in [1.82, 2.24) is 5.32 Å². The minimum Gasteiger partial charge on any atom is -0.352 e. The first-order chi connectivity index (χ1) is 16.2. The summed E-state index contributed by atoms with van der Waals surface area (Å²) in [7, 11) is -1.73. The molecule has 1 aliphatic carbocycles. The highest BCUT2D eigenvalue weighted by molar-refractivity contribution is 7.86. The van der Waals surface area contributed by atoms with Gasteiger partial charge in [0.2, 0.25) is 17.7 Å². The number of hydrogen-bond acceptors (Lipinski definition) is 4. The summed E-state index contributed by atoms with van der Waals surface area (Å²) < 4.78 is 12.7. The van der Waals surface area contributed by atoms with Crippen LogP contribution in [-0.4, -0.2) is 45.5 Å². The van der Waals surface area contributed by atoms with Gasteiger partial charge in [-0.15, -0.1) is 0 Å². The second-order valence-electron chi connectivity index (χ2n) is 8.91. The van der Waals surface area contributed by atoms with E-state index in [-0.39, 0.29) is 23.5 Å². The Balaban J connectivity index is 1.66. The van der Waals surface area contributed by atoms with Gasteiger partial charge in [-0.3, -0.25) is 23.5 Å². The number of benzene rings is 2. The van der Waals surface area contributed by atoms with Gasteiger partial charge < -0.3 is 10.6 Å². The zero-order valence-corrected chi connectivity index (χ0v) is 20.8. The van der Waals surface area contributed by atoms with Crippen molar-refractivity contribution in [2.24, 2.45) is 0 Å². The molecule has 0 bridgehead atoms. The molecule has 0 saturated heterocycles. The minimum atomic E-state index is -1.73. The Hall–Kier alpha value is -3.00. The third-order valence-electron chi connectivity index (χ3n) is 5.96. The normalized spacial score (nSPS) is 15.4. The predicted molar refractivity (Wildman–Crippen MR) is 136 cm³/mol. The minimum absolute atomic E-state index is 0.129. The van der Waals surface area contributed by atoms with Crippen molar-refractivity contribution in [2.45, 2.75) is 58.5 Å². The van der Waals surface area contributed by atoms with Crippen molar-refractivity contribution in [2.75, 3.05) is 21.7 Å². The van der Waals surface area contributed by atoms with E-state index in [4.69, 9.17) is 0 Å². The Morgan fingerprint density at radius 2 is 1.50 bits per heavy atom. The van der Waals surface area contributed by atoms with Crippen molar-refractivity contribution in [3.8, 4) is 0 Å². The molecular weight excluding hydrogens is 450 g/mol. The summed E-state index contributed by atoms with van der Waals surface area (Å²) >= 11 is 0. The van der Waals surface area contributed by atoms with Crippen molar-refractivity contribution in [1.29, 1.82) is 0 Å². The Labute approximate surface area is 203 Å². The van der Waals surface area contributed by atoms with Gasteiger partial charge in [-0.25, -0.2) is 0 Å². The molecule has 0 radical (unpaired) electrons. The Morgan fingerprint density at radius 3 is 2.09 bits per heavy atom. The van der Waals surface area contributed by atoms with Gasteiger partial charge in [-0.05, 0) is 57.9 Å². The lowest BCUT2D eigenvalue weighted by Gasteiger charge is -2.29. The Kier molecular flexibility index (Phi) is 8.98. The molecule has 2 aromatic carbocycles. The Morgan fingerprint density at radius 1 is 0.941 bits per heavy atom. The number of carbonyl (C=O) groups is 3. The number of nitrogens with one attached hydrogen (secondary N) is 2. The molecule has 2 atom stereocenters. The summed E-state index contributed by atoms with van der Waals surface area (Å²) in [5.74, 6) is -1.77. The molecule has 1 saturated carbocycles. The third kappa shape index (κ3) is 7.25. The molecule has 3 amide bonds. The average Bonchev–Trinajstić information content (AvgIpc) is 3.29. The second kappa shape index (κ2) is 11.9. The summed E-state index contributed by atoms with van der Waals surface area (Å²) in [6, 6.07) is 13.9. The highest BCUT2D eigenvalue weighted by Crippen LogP contribution is 2.21. The molecule has 8 heteroatoms. The smallest absolute Gasteiger partial charge is 0.243 e. The number of aryl methyl sites for hydroxylation is 2. The fraction of sp³-hybridized carbons (Fsp3) is 0.423. The van der Waals surface area contributed by atoms with E-state index in [2.05, 4.69) is 10.6 Å². The molecule has 0 heterocycles. The number of anilines is 2. The molecule has 7 nitrogen and oxygen atoms in total. The Bertz CT molecular complexity index is 1030. The van der Waals surface area contributed by atoms with Crippen LogP contribution in [0.15, 0.2) is 48.5 Å². The number of nitrogens with zero attached hydrogens (tertiary/aromatic N) is 1. The van der Waals surface area contributed by atoms with Crippen molar-refractivity contribution >= 4 is 39.9 Å². The van der Waals surface area contributed by atoms with Crippen LogP contribution in [0.3, 0.4) is 0 Å². The molecule has 2 unspecified atom stereocenters. The van der Waals surface area contributed by atoms with E-state index in [0.29, 0.717) is 11.4 Å². The summed E-state index contributed by atoms with van der Waals surface area (Å²) in [6.45, 7) is 5.56. The maximum absolute atomic E-state index is 13.2. The van der Waals surface area contributed by atoms with Crippen LogP contribution in [0, 0.1) is 13.8 Å². The van der Waals surface area contributed by atoms with Crippen molar-refractivity contribution in [3.63, 3.8) is 0 Å². The van der Waals surface area contributed by atoms with E-state index in [1.807, 2.05) is 38.1 Å². The lowest BCUT2D eigenvalue weighted by Crippen LogP contribution is -2.51. The van der Waals surface area contributed by atoms with Gasteiger partial charge in [0.25, 0.3) is 0 Å². The third-order valence-corrected chi connectivity index (χ3v) is 7.11. The maximum atomic E-state index is 13.2. The average molecular weight is 484 g/mol. The molecule has 1 fully saturated rings. The zero-order valence-electron chi connectivity index (χ0n) is 20.0. The molecule has 1 aliphatic rings. The van der Waals surface area contributed by atoms with Crippen LogP contribution in [0.2, 0.25) is 0 Å². The summed E-state index contributed by atoms with van der Waals surface area (Å²) in [4.78, 5) is 39.8. The standard InChI is InChI=1S/C26H33N3O4S/c1-18-8-12-22(13-9-18)27-24(30)16-34(33)17-25(31)29(23-14-10-19(2)11-15-23)20(3)26(32)28-21-6-4-5-7-21/h8-15,20-21H,4-7,16-17H2,1-3H3,(H,27,30)(H,28,32). The van der Waals surface area contributed by atoms with E-state index in [1.54, 1.807) is 31.2 Å².